The lowest BCUT2D eigenvalue weighted by Gasteiger charge is -2.25. The molecule has 1 aliphatic carbocycles. The zero-order valence-corrected chi connectivity index (χ0v) is 25.0. The van der Waals surface area contributed by atoms with E-state index < -0.39 is 6.17 Å². The van der Waals surface area contributed by atoms with E-state index in [4.69, 9.17) is 4.98 Å². The Morgan fingerprint density at radius 2 is 1.86 bits per heavy atom. The second-order valence-corrected chi connectivity index (χ2v) is 11.1. The average molecular weight is 594 g/mol. The summed E-state index contributed by atoms with van der Waals surface area (Å²) in [6.07, 6.45) is 7.86. The van der Waals surface area contributed by atoms with Gasteiger partial charge in [-0.2, -0.15) is 0 Å². The van der Waals surface area contributed by atoms with Gasteiger partial charge >= 0.3 is 0 Å². The number of nitrogens with zero attached hydrogens (tertiary/aromatic N) is 7. The third-order valence-electron chi connectivity index (χ3n) is 8.06. The summed E-state index contributed by atoms with van der Waals surface area (Å²) in [5.74, 6) is 1.24. The quantitative estimate of drug-likeness (QED) is 0.200. The first-order valence-corrected chi connectivity index (χ1v) is 14.7. The lowest BCUT2D eigenvalue weighted by Crippen LogP contribution is -2.36. The van der Waals surface area contributed by atoms with Gasteiger partial charge in [0.1, 0.15) is 29.3 Å². The number of likely N-dealkylation sites (N-methyl/N-ethyl adjacent to an activating group) is 1. The zero-order valence-electron chi connectivity index (χ0n) is 25.0. The van der Waals surface area contributed by atoms with Crippen LogP contribution in [0.15, 0.2) is 73.0 Å². The molecule has 1 fully saturated rings. The predicted molar refractivity (Wildman–Crippen MR) is 166 cm³/mol. The number of fused-ring (bicyclic) bond motifs is 2. The maximum atomic E-state index is 14.0. The lowest BCUT2D eigenvalue weighted by molar-refractivity contribution is -0.126. The Bertz CT molecular complexity index is 1810. The van der Waals surface area contributed by atoms with E-state index in [0.717, 1.165) is 35.6 Å². The van der Waals surface area contributed by atoms with Crippen molar-refractivity contribution in [3.63, 3.8) is 0 Å². The highest BCUT2D eigenvalue weighted by Gasteiger charge is 2.38. The van der Waals surface area contributed by atoms with Crippen LogP contribution in [-0.4, -0.2) is 73.8 Å². The smallest absolute Gasteiger partial charge is 0.273 e. The van der Waals surface area contributed by atoms with E-state index in [0.29, 0.717) is 47.3 Å². The van der Waals surface area contributed by atoms with Gasteiger partial charge in [-0.25, -0.2) is 4.98 Å². The molecular weight excluding hydrogens is 558 g/mol. The molecule has 1 atom stereocenters. The van der Waals surface area contributed by atoms with Gasteiger partial charge in [0, 0.05) is 49.5 Å². The monoisotopic (exact) mass is 593 g/mol. The largest absolute Gasteiger partial charge is 0.354 e. The maximum absolute atomic E-state index is 14.0. The van der Waals surface area contributed by atoms with Crippen LogP contribution in [0.1, 0.15) is 54.1 Å². The van der Waals surface area contributed by atoms with E-state index in [9.17, 15) is 14.4 Å². The second-order valence-electron chi connectivity index (χ2n) is 11.1. The number of hydrogen-bond donors (Lipinski definition) is 2. The SMILES string of the molecule is C=CCN(C=O)C1=C(C(=O)N(C)C2CC2)NC(c2cnc(N(CCC)C(=O)c3ccc4nnc(C)n4c3)c3ccccc23)N1. The number of nitrogens with one attached hydrogen (secondary N) is 2. The van der Waals surface area contributed by atoms with Crippen molar-refractivity contribution < 1.29 is 14.4 Å². The number of rotatable bonds is 11. The number of anilines is 1. The molecule has 2 N–H and O–H groups in total. The van der Waals surface area contributed by atoms with Crippen LogP contribution in [0.25, 0.3) is 16.4 Å². The van der Waals surface area contributed by atoms with Crippen molar-refractivity contribution in [3.8, 4) is 0 Å². The molecule has 2 aliphatic rings. The first-order valence-electron chi connectivity index (χ1n) is 14.7. The molecule has 12 nitrogen and oxygen atoms in total. The standard InChI is InChI=1S/C32H35N9O3/c1-5-15-39(19-42)30-27(32(44)38(4)22-12-13-22)34-28(35-30)25-17-33-29(24-10-8-7-9-23(24)25)40(16-6-2)31(43)21-11-14-26-37-36-20(3)41(26)18-21/h5,7-11,14,17-19,22,28,34-35H,1,6,12-13,15-16H2,2-4H3. The minimum absolute atomic E-state index is 0.185. The summed E-state index contributed by atoms with van der Waals surface area (Å²) in [6.45, 7) is 8.31. The highest BCUT2D eigenvalue weighted by atomic mass is 16.2. The summed E-state index contributed by atoms with van der Waals surface area (Å²) in [5.41, 5.74) is 2.25. The van der Waals surface area contributed by atoms with Crippen LogP contribution >= 0.6 is 0 Å². The van der Waals surface area contributed by atoms with E-state index in [1.165, 1.54) is 4.90 Å². The van der Waals surface area contributed by atoms with Gasteiger partial charge in [0.05, 0.1) is 5.56 Å². The molecule has 1 aliphatic heterocycles. The average Bonchev–Trinajstić information content (AvgIpc) is 3.71. The summed E-state index contributed by atoms with van der Waals surface area (Å²) in [6, 6.07) is 11.5. The van der Waals surface area contributed by atoms with Crippen LogP contribution in [-0.2, 0) is 9.59 Å². The minimum Gasteiger partial charge on any atom is -0.354 e. The molecule has 1 saturated carbocycles. The van der Waals surface area contributed by atoms with Crippen molar-refractivity contribution in [3.05, 3.63) is 89.9 Å². The maximum Gasteiger partial charge on any atom is 0.273 e. The fraction of sp³-hybridized carbons (Fsp3) is 0.312. The molecule has 226 valence electrons. The molecule has 4 heterocycles. The number of hydrogen-bond acceptors (Lipinski definition) is 8. The van der Waals surface area contributed by atoms with Crippen LogP contribution in [0.5, 0.6) is 0 Å². The number of pyridine rings is 2. The summed E-state index contributed by atoms with van der Waals surface area (Å²) < 4.78 is 1.79. The first-order chi connectivity index (χ1) is 21.4. The number of benzene rings is 1. The molecule has 1 unspecified atom stereocenters. The molecule has 12 heteroatoms. The van der Waals surface area contributed by atoms with E-state index >= 15 is 0 Å². The third kappa shape index (κ3) is 5.12. The topological polar surface area (TPSA) is 128 Å². The molecule has 44 heavy (non-hydrogen) atoms. The molecule has 4 aromatic rings. The minimum atomic E-state index is -0.551. The van der Waals surface area contributed by atoms with Crippen LogP contribution in [0.4, 0.5) is 5.82 Å². The Balaban J connectivity index is 1.38. The Labute approximate surface area is 255 Å². The number of carbonyl (C=O) groups is 3. The Morgan fingerprint density at radius 1 is 1.09 bits per heavy atom. The molecule has 0 radical (unpaired) electrons. The molecule has 0 spiro atoms. The predicted octanol–water partition coefficient (Wildman–Crippen LogP) is 3.27. The fourth-order valence-corrected chi connectivity index (χ4v) is 5.59. The van der Waals surface area contributed by atoms with Gasteiger partial charge in [-0.05, 0) is 43.7 Å². The van der Waals surface area contributed by atoms with Gasteiger partial charge < -0.3 is 15.5 Å². The Morgan fingerprint density at radius 3 is 2.57 bits per heavy atom. The highest BCUT2D eigenvalue weighted by Crippen LogP contribution is 2.34. The van der Waals surface area contributed by atoms with Crippen molar-refractivity contribution in [2.24, 2.45) is 0 Å². The second kappa shape index (κ2) is 11.8. The van der Waals surface area contributed by atoms with Crippen molar-refractivity contribution in [2.75, 3.05) is 25.0 Å². The van der Waals surface area contributed by atoms with Crippen LogP contribution in [0.3, 0.4) is 0 Å². The van der Waals surface area contributed by atoms with Crippen molar-refractivity contribution in [2.45, 2.75) is 45.3 Å². The van der Waals surface area contributed by atoms with Gasteiger partial charge in [0.25, 0.3) is 11.8 Å². The molecule has 3 aromatic heterocycles. The third-order valence-corrected chi connectivity index (χ3v) is 8.06. The zero-order chi connectivity index (χ0) is 31.0. The molecular formula is C32H35N9O3. The number of aromatic nitrogens is 4. The lowest BCUT2D eigenvalue weighted by atomic mass is 10.0. The van der Waals surface area contributed by atoms with Gasteiger partial charge in [-0.15, -0.1) is 16.8 Å². The van der Waals surface area contributed by atoms with Crippen LogP contribution in [0.2, 0.25) is 0 Å². The fourth-order valence-electron chi connectivity index (χ4n) is 5.59. The Kier molecular flexibility index (Phi) is 7.73. The number of amides is 3. The number of carbonyl (C=O) groups excluding carboxylic acids is 3. The van der Waals surface area contributed by atoms with E-state index in [1.807, 2.05) is 38.1 Å². The molecule has 1 aromatic carbocycles. The van der Waals surface area contributed by atoms with Crippen LogP contribution < -0.4 is 15.5 Å². The summed E-state index contributed by atoms with van der Waals surface area (Å²) in [5, 5.41) is 16.6. The van der Waals surface area contributed by atoms with E-state index in [2.05, 4.69) is 27.4 Å². The van der Waals surface area contributed by atoms with Crippen molar-refractivity contribution >= 4 is 40.5 Å². The molecule has 3 amide bonds. The van der Waals surface area contributed by atoms with Crippen molar-refractivity contribution in [1.29, 1.82) is 0 Å². The van der Waals surface area contributed by atoms with Crippen molar-refractivity contribution in [1.82, 2.24) is 40.0 Å². The van der Waals surface area contributed by atoms with Gasteiger partial charge in [-0.1, -0.05) is 37.3 Å². The van der Waals surface area contributed by atoms with E-state index in [1.54, 1.807) is 51.9 Å². The molecule has 0 saturated heterocycles. The highest BCUT2D eigenvalue weighted by molar-refractivity contribution is 6.10. The Hall–Kier alpha value is -5.26. The molecule has 6 rings (SSSR count). The van der Waals surface area contributed by atoms with Gasteiger partial charge in [0.2, 0.25) is 6.41 Å². The summed E-state index contributed by atoms with van der Waals surface area (Å²) in [7, 11) is 1.78. The number of aryl methyl sites for hydroxylation is 1. The van der Waals surface area contributed by atoms with E-state index in [-0.39, 0.29) is 24.4 Å². The normalized spacial score (nSPS) is 16.0. The van der Waals surface area contributed by atoms with Gasteiger partial charge in [-0.3, -0.25) is 28.6 Å². The van der Waals surface area contributed by atoms with Crippen LogP contribution in [0, 0.1) is 6.92 Å². The summed E-state index contributed by atoms with van der Waals surface area (Å²) >= 11 is 0. The van der Waals surface area contributed by atoms with Gasteiger partial charge in [0.15, 0.2) is 5.65 Å². The summed E-state index contributed by atoms with van der Waals surface area (Å²) in [4.78, 5) is 49.2. The molecule has 0 bridgehead atoms. The first kappa shape index (κ1) is 28.8.